The summed E-state index contributed by atoms with van der Waals surface area (Å²) >= 11 is 0. The molecule has 114 valence electrons. The molecule has 2 unspecified atom stereocenters. The van der Waals surface area contributed by atoms with Crippen LogP contribution in [-0.4, -0.2) is 50.0 Å². The molecule has 6 heteroatoms. The van der Waals surface area contributed by atoms with Crippen molar-refractivity contribution in [2.24, 2.45) is 11.7 Å². The average molecular weight is 282 g/mol. The van der Waals surface area contributed by atoms with E-state index in [4.69, 9.17) is 5.73 Å². The largest absolute Gasteiger partial charge is 0.411 e. The van der Waals surface area contributed by atoms with Crippen molar-refractivity contribution in [2.75, 3.05) is 33.4 Å². The highest BCUT2D eigenvalue weighted by Gasteiger charge is 2.37. The standard InChI is InChI=1S/C13H25F3N2O/c1-11-4-3-5-12(8-11,9-17)18(2)6-7-19-10-13(14,15)16/h11H,3-10,17H2,1-2H3. The molecule has 19 heavy (non-hydrogen) atoms. The van der Waals surface area contributed by atoms with Crippen LogP contribution in [0.2, 0.25) is 0 Å². The van der Waals surface area contributed by atoms with E-state index in [2.05, 4.69) is 16.6 Å². The number of hydrogen-bond acceptors (Lipinski definition) is 3. The Morgan fingerprint density at radius 3 is 2.63 bits per heavy atom. The van der Waals surface area contributed by atoms with Crippen LogP contribution in [0.4, 0.5) is 13.2 Å². The number of halogens is 3. The van der Waals surface area contributed by atoms with Crippen LogP contribution < -0.4 is 5.73 Å². The van der Waals surface area contributed by atoms with Gasteiger partial charge in [0.05, 0.1) is 6.61 Å². The van der Waals surface area contributed by atoms with E-state index in [0.717, 1.165) is 19.3 Å². The second kappa shape index (κ2) is 6.90. The highest BCUT2D eigenvalue weighted by atomic mass is 19.4. The molecular weight excluding hydrogens is 257 g/mol. The first kappa shape index (κ1) is 16.7. The Morgan fingerprint density at radius 2 is 2.11 bits per heavy atom. The van der Waals surface area contributed by atoms with Crippen molar-refractivity contribution in [3.8, 4) is 0 Å². The molecule has 0 aromatic rings. The molecule has 0 aromatic heterocycles. The second-order valence-corrected chi connectivity index (χ2v) is 5.72. The monoisotopic (exact) mass is 282 g/mol. The zero-order valence-corrected chi connectivity index (χ0v) is 11.8. The minimum absolute atomic E-state index is 0.0702. The Labute approximate surface area is 113 Å². The molecule has 0 aliphatic heterocycles. The molecule has 1 aliphatic rings. The van der Waals surface area contributed by atoms with Crippen molar-refractivity contribution in [3.05, 3.63) is 0 Å². The molecule has 3 nitrogen and oxygen atoms in total. The van der Waals surface area contributed by atoms with Gasteiger partial charge in [-0.15, -0.1) is 0 Å². The molecule has 0 heterocycles. The van der Waals surface area contributed by atoms with Gasteiger partial charge in [-0.3, -0.25) is 4.90 Å². The van der Waals surface area contributed by atoms with Crippen molar-refractivity contribution < 1.29 is 17.9 Å². The molecule has 0 bridgehead atoms. The van der Waals surface area contributed by atoms with E-state index in [1.54, 1.807) is 0 Å². The van der Waals surface area contributed by atoms with E-state index in [1.165, 1.54) is 6.42 Å². The van der Waals surface area contributed by atoms with Crippen molar-refractivity contribution >= 4 is 0 Å². The quantitative estimate of drug-likeness (QED) is 0.760. The van der Waals surface area contributed by atoms with Gasteiger partial charge < -0.3 is 10.5 Å². The number of likely N-dealkylation sites (N-methyl/N-ethyl adjacent to an activating group) is 1. The third-order valence-corrected chi connectivity index (χ3v) is 4.09. The smallest absolute Gasteiger partial charge is 0.371 e. The van der Waals surface area contributed by atoms with Crippen LogP contribution in [0.1, 0.15) is 32.6 Å². The van der Waals surface area contributed by atoms with Crippen LogP contribution in [0.5, 0.6) is 0 Å². The fraction of sp³-hybridized carbons (Fsp3) is 1.00. The number of nitrogens with zero attached hydrogens (tertiary/aromatic N) is 1. The molecule has 0 radical (unpaired) electrons. The molecule has 1 fully saturated rings. The molecule has 1 saturated carbocycles. The Hall–Kier alpha value is -0.330. The van der Waals surface area contributed by atoms with Crippen molar-refractivity contribution in [1.29, 1.82) is 0 Å². The molecular formula is C13H25F3N2O. The minimum atomic E-state index is -4.25. The van der Waals surface area contributed by atoms with Gasteiger partial charge in [0.2, 0.25) is 0 Å². The molecule has 2 atom stereocenters. The summed E-state index contributed by atoms with van der Waals surface area (Å²) in [5, 5.41) is 0. The van der Waals surface area contributed by atoms with Gasteiger partial charge in [0.15, 0.2) is 0 Å². The summed E-state index contributed by atoms with van der Waals surface area (Å²) in [6.45, 7) is 2.16. The Morgan fingerprint density at radius 1 is 1.42 bits per heavy atom. The fourth-order valence-corrected chi connectivity index (χ4v) is 2.95. The summed E-state index contributed by atoms with van der Waals surface area (Å²) in [5.41, 5.74) is 5.84. The lowest BCUT2D eigenvalue weighted by Crippen LogP contribution is -2.55. The average Bonchev–Trinajstić information content (AvgIpc) is 2.33. The maximum Gasteiger partial charge on any atom is 0.411 e. The zero-order chi connectivity index (χ0) is 14.5. The summed E-state index contributed by atoms with van der Waals surface area (Å²) < 4.78 is 40.6. The first-order valence-corrected chi connectivity index (χ1v) is 6.85. The third-order valence-electron chi connectivity index (χ3n) is 4.09. The predicted molar refractivity (Wildman–Crippen MR) is 68.9 cm³/mol. The molecule has 0 saturated heterocycles. The molecule has 2 N–H and O–H groups in total. The van der Waals surface area contributed by atoms with Gasteiger partial charge in [-0.2, -0.15) is 13.2 Å². The SMILES string of the molecule is CC1CCCC(CN)(N(C)CCOCC(F)(F)F)C1. The maximum absolute atomic E-state index is 12.0. The van der Waals surface area contributed by atoms with Crippen LogP contribution in [0, 0.1) is 5.92 Å². The lowest BCUT2D eigenvalue weighted by molar-refractivity contribution is -0.175. The van der Waals surface area contributed by atoms with Gasteiger partial charge in [-0.1, -0.05) is 19.8 Å². The fourth-order valence-electron chi connectivity index (χ4n) is 2.95. The first-order chi connectivity index (χ1) is 8.79. The lowest BCUT2D eigenvalue weighted by Gasteiger charge is -2.46. The van der Waals surface area contributed by atoms with Crippen molar-refractivity contribution in [2.45, 2.75) is 44.3 Å². The first-order valence-electron chi connectivity index (χ1n) is 6.85. The van der Waals surface area contributed by atoms with Gasteiger partial charge in [0.1, 0.15) is 6.61 Å². The normalized spacial score (nSPS) is 28.9. The van der Waals surface area contributed by atoms with Gasteiger partial charge >= 0.3 is 6.18 Å². The predicted octanol–water partition coefficient (Wildman–Crippen LogP) is 2.40. The maximum atomic E-state index is 12.0. The van der Waals surface area contributed by atoms with Crippen LogP contribution in [0.25, 0.3) is 0 Å². The Bertz CT molecular complexity index is 273. The topological polar surface area (TPSA) is 38.5 Å². The van der Waals surface area contributed by atoms with E-state index in [0.29, 0.717) is 19.0 Å². The van der Waals surface area contributed by atoms with Gasteiger partial charge in [0.25, 0.3) is 0 Å². The van der Waals surface area contributed by atoms with Gasteiger partial charge in [0, 0.05) is 18.6 Å². The molecule has 1 aliphatic carbocycles. The molecule has 0 aromatic carbocycles. The van der Waals surface area contributed by atoms with E-state index in [9.17, 15) is 13.2 Å². The van der Waals surface area contributed by atoms with Crippen LogP contribution in [0.15, 0.2) is 0 Å². The van der Waals surface area contributed by atoms with Crippen molar-refractivity contribution in [3.63, 3.8) is 0 Å². The highest BCUT2D eigenvalue weighted by Crippen LogP contribution is 2.35. The van der Waals surface area contributed by atoms with E-state index >= 15 is 0 Å². The summed E-state index contributed by atoms with van der Waals surface area (Å²) in [7, 11) is 1.93. The van der Waals surface area contributed by atoms with E-state index < -0.39 is 12.8 Å². The number of ether oxygens (including phenoxy) is 1. The lowest BCUT2D eigenvalue weighted by atomic mass is 9.75. The number of rotatable bonds is 6. The van der Waals surface area contributed by atoms with Crippen LogP contribution in [0.3, 0.4) is 0 Å². The van der Waals surface area contributed by atoms with Crippen LogP contribution >= 0.6 is 0 Å². The number of hydrogen-bond donors (Lipinski definition) is 1. The highest BCUT2D eigenvalue weighted by molar-refractivity contribution is 4.94. The zero-order valence-electron chi connectivity index (χ0n) is 11.8. The summed E-state index contributed by atoms with van der Waals surface area (Å²) in [6, 6.07) is 0. The number of nitrogens with two attached hydrogens (primary N) is 1. The third kappa shape index (κ3) is 5.28. The van der Waals surface area contributed by atoms with Gasteiger partial charge in [-0.05, 0) is 25.8 Å². The molecule has 1 rings (SSSR count). The van der Waals surface area contributed by atoms with Gasteiger partial charge in [-0.25, -0.2) is 0 Å². The second-order valence-electron chi connectivity index (χ2n) is 5.72. The van der Waals surface area contributed by atoms with Crippen LogP contribution in [-0.2, 0) is 4.74 Å². The Kier molecular flexibility index (Phi) is 6.08. The molecule has 0 amide bonds. The molecule has 0 spiro atoms. The minimum Gasteiger partial charge on any atom is -0.371 e. The Balaban J connectivity index is 2.39. The van der Waals surface area contributed by atoms with E-state index in [1.807, 2.05) is 7.05 Å². The summed E-state index contributed by atoms with van der Waals surface area (Å²) in [6.07, 6.45) is 0.124. The van der Waals surface area contributed by atoms with E-state index in [-0.39, 0.29) is 12.1 Å². The summed E-state index contributed by atoms with van der Waals surface area (Å²) in [5.74, 6) is 0.621. The summed E-state index contributed by atoms with van der Waals surface area (Å²) in [4.78, 5) is 2.08. The number of alkyl halides is 3. The van der Waals surface area contributed by atoms with Crippen molar-refractivity contribution in [1.82, 2.24) is 4.90 Å².